The molecule has 0 bridgehead atoms. The Kier molecular flexibility index (Phi) is 3.37. The highest BCUT2D eigenvalue weighted by molar-refractivity contribution is 5.94. The van der Waals surface area contributed by atoms with Gasteiger partial charge in [-0.3, -0.25) is 5.43 Å². The third-order valence-electron chi connectivity index (χ3n) is 2.39. The molecule has 0 saturated carbocycles. The van der Waals surface area contributed by atoms with E-state index < -0.39 is 6.03 Å². The number of carbonyl (C=O) groups is 1. The smallest absolute Gasteiger partial charge is 0.306 e. The molecule has 0 aliphatic rings. The summed E-state index contributed by atoms with van der Waals surface area (Å²) in [6.07, 6.45) is 0. The Bertz CT molecular complexity index is 511. The van der Waals surface area contributed by atoms with E-state index in [2.05, 4.69) is 5.32 Å². The van der Waals surface area contributed by atoms with E-state index in [0.29, 0.717) is 0 Å². The quantitative estimate of drug-likeness (QED) is 0.419. The minimum absolute atomic E-state index is 0.437. The number of hydrogen-bond donors (Lipinski definition) is 3. The normalized spacial score (nSPS) is 9.71. The van der Waals surface area contributed by atoms with Gasteiger partial charge in [-0.25, -0.2) is 10.6 Å². The van der Waals surface area contributed by atoms with E-state index in [1.165, 1.54) is 0 Å². The number of carbonyl (C=O) groups excluding carboxylic acids is 1. The average Bonchev–Trinajstić information content (AvgIpc) is 2.40. The van der Waals surface area contributed by atoms with Crippen molar-refractivity contribution in [1.29, 1.82) is 0 Å². The second kappa shape index (κ2) is 5.14. The molecule has 2 rings (SSSR count). The molecule has 2 amide bonds. The number of hydrogen-bond acceptors (Lipinski definition) is 2. The number of nitrogens with two attached hydrogens (primary N) is 1. The summed E-state index contributed by atoms with van der Waals surface area (Å²) in [6, 6.07) is 17.0. The molecular formula is C13H13N3O. The summed E-state index contributed by atoms with van der Waals surface area (Å²) in [5.41, 5.74) is 4.76. The van der Waals surface area contributed by atoms with Crippen LogP contribution in [0.5, 0.6) is 0 Å². The molecule has 0 aromatic heterocycles. The first-order valence-corrected chi connectivity index (χ1v) is 5.23. The molecular weight excluding hydrogens is 214 g/mol. The van der Waals surface area contributed by atoms with Gasteiger partial charge in [-0.2, -0.15) is 0 Å². The highest BCUT2D eigenvalue weighted by Gasteiger charge is 2.06. The lowest BCUT2D eigenvalue weighted by molar-refractivity contribution is 0.252. The fraction of sp³-hybridized carbons (Fsp3) is 0. The van der Waals surface area contributed by atoms with Crippen LogP contribution in [-0.4, -0.2) is 6.03 Å². The van der Waals surface area contributed by atoms with Gasteiger partial charge in [0, 0.05) is 5.56 Å². The van der Waals surface area contributed by atoms with Gasteiger partial charge in [-0.05, 0) is 11.6 Å². The Labute approximate surface area is 99.4 Å². The zero-order valence-electron chi connectivity index (χ0n) is 9.18. The zero-order chi connectivity index (χ0) is 12.1. The third-order valence-corrected chi connectivity index (χ3v) is 2.39. The van der Waals surface area contributed by atoms with Crippen LogP contribution in [-0.2, 0) is 0 Å². The van der Waals surface area contributed by atoms with Gasteiger partial charge >= 0.3 is 6.03 Å². The molecule has 17 heavy (non-hydrogen) atoms. The van der Waals surface area contributed by atoms with Crippen molar-refractivity contribution in [2.45, 2.75) is 0 Å². The highest BCUT2D eigenvalue weighted by atomic mass is 16.2. The minimum atomic E-state index is -0.437. The molecule has 0 fully saturated rings. The first-order chi connectivity index (χ1) is 8.31. The number of rotatable bonds is 2. The lowest BCUT2D eigenvalue weighted by Gasteiger charge is -2.10. The minimum Gasteiger partial charge on any atom is -0.306 e. The van der Waals surface area contributed by atoms with Crippen LogP contribution in [0.3, 0.4) is 0 Å². The number of urea groups is 1. The number of hydrazine groups is 1. The van der Waals surface area contributed by atoms with Crippen LogP contribution in [0.2, 0.25) is 0 Å². The largest absolute Gasteiger partial charge is 0.333 e. The van der Waals surface area contributed by atoms with Crippen molar-refractivity contribution in [3.8, 4) is 11.1 Å². The van der Waals surface area contributed by atoms with Crippen molar-refractivity contribution in [1.82, 2.24) is 5.43 Å². The van der Waals surface area contributed by atoms with Crippen LogP contribution < -0.4 is 16.6 Å². The topological polar surface area (TPSA) is 67.1 Å². The van der Waals surface area contributed by atoms with E-state index in [0.717, 1.165) is 16.8 Å². The first kappa shape index (κ1) is 11.2. The van der Waals surface area contributed by atoms with Gasteiger partial charge in [0.15, 0.2) is 0 Å². The van der Waals surface area contributed by atoms with Gasteiger partial charge < -0.3 is 5.32 Å². The summed E-state index contributed by atoms with van der Waals surface area (Å²) >= 11 is 0. The fourth-order valence-electron chi connectivity index (χ4n) is 1.62. The predicted molar refractivity (Wildman–Crippen MR) is 68.2 cm³/mol. The maximum absolute atomic E-state index is 11.2. The summed E-state index contributed by atoms with van der Waals surface area (Å²) in [5, 5.41) is 2.68. The van der Waals surface area contributed by atoms with Crippen LogP contribution in [0.25, 0.3) is 11.1 Å². The van der Waals surface area contributed by atoms with Gasteiger partial charge in [-0.15, -0.1) is 0 Å². The van der Waals surface area contributed by atoms with E-state index >= 15 is 0 Å². The van der Waals surface area contributed by atoms with Crippen LogP contribution in [0.4, 0.5) is 10.5 Å². The summed E-state index contributed by atoms with van der Waals surface area (Å²) < 4.78 is 0. The van der Waals surface area contributed by atoms with Crippen LogP contribution >= 0.6 is 0 Å². The van der Waals surface area contributed by atoms with Crippen molar-refractivity contribution in [3.63, 3.8) is 0 Å². The number of anilines is 1. The number of nitrogens with one attached hydrogen (secondary N) is 2. The Hall–Kier alpha value is -2.33. The average molecular weight is 227 g/mol. The summed E-state index contributed by atoms with van der Waals surface area (Å²) in [6.45, 7) is 0. The lowest BCUT2D eigenvalue weighted by Crippen LogP contribution is -2.34. The van der Waals surface area contributed by atoms with Crippen molar-refractivity contribution in [2.75, 3.05) is 5.32 Å². The Balaban J connectivity index is 2.38. The van der Waals surface area contributed by atoms with Crippen LogP contribution in [0.1, 0.15) is 0 Å². The summed E-state index contributed by atoms with van der Waals surface area (Å²) in [5.74, 6) is 5.05. The van der Waals surface area contributed by atoms with Gasteiger partial charge in [0.25, 0.3) is 0 Å². The van der Waals surface area contributed by atoms with Gasteiger partial charge in [-0.1, -0.05) is 48.5 Å². The van der Waals surface area contributed by atoms with Gasteiger partial charge in [0.1, 0.15) is 0 Å². The Morgan fingerprint density at radius 1 is 0.941 bits per heavy atom. The van der Waals surface area contributed by atoms with Crippen LogP contribution in [0, 0.1) is 0 Å². The molecule has 4 nitrogen and oxygen atoms in total. The standard InChI is InChI=1S/C13H13N3O/c14-16-13(17)15-12-9-5-4-8-11(12)10-6-2-1-3-7-10/h1-9H,14H2,(H2,15,16,17). The van der Waals surface area contributed by atoms with Crippen molar-refractivity contribution < 1.29 is 4.79 Å². The molecule has 0 heterocycles. The molecule has 0 saturated heterocycles. The zero-order valence-corrected chi connectivity index (χ0v) is 9.18. The second-order valence-corrected chi connectivity index (χ2v) is 3.51. The first-order valence-electron chi connectivity index (χ1n) is 5.23. The van der Waals surface area contributed by atoms with Gasteiger partial charge in [0.05, 0.1) is 5.69 Å². The molecule has 0 radical (unpaired) electrons. The molecule has 0 atom stereocenters. The van der Waals surface area contributed by atoms with E-state index in [1.807, 2.05) is 60.0 Å². The molecule has 0 aliphatic carbocycles. The molecule has 0 aliphatic heterocycles. The lowest BCUT2D eigenvalue weighted by atomic mass is 10.0. The molecule has 2 aromatic rings. The number of amides is 2. The van der Waals surface area contributed by atoms with Crippen molar-refractivity contribution in [3.05, 3.63) is 54.6 Å². The Morgan fingerprint density at radius 3 is 2.29 bits per heavy atom. The van der Waals surface area contributed by atoms with Crippen molar-refractivity contribution in [2.24, 2.45) is 5.84 Å². The number of para-hydroxylation sites is 1. The maximum Gasteiger partial charge on any atom is 0.333 e. The molecule has 4 N–H and O–H groups in total. The molecule has 0 unspecified atom stereocenters. The van der Waals surface area contributed by atoms with E-state index in [9.17, 15) is 4.79 Å². The molecule has 0 spiro atoms. The van der Waals surface area contributed by atoms with E-state index in [4.69, 9.17) is 5.84 Å². The SMILES string of the molecule is NNC(=O)Nc1ccccc1-c1ccccc1. The third kappa shape index (κ3) is 2.62. The van der Waals surface area contributed by atoms with Gasteiger partial charge in [0.2, 0.25) is 0 Å². The van der Waals surface area contributed by atoms with E-state index in [1.54, 1.807) is 0 Å². The predicted octanol–water partition coefficient (Wildman–Crippen LogP) is 2.35. The van der Waals surface area contributed by atoms with Crippen LogP contribution in [0.15, 0.2) is 54.6 Å². The monoisotopic (exact) mass is 227 g/mol. The fourth-order valence-corrected chi connectivity index (χ4v) is 1.62. The number of benzene rings is 2. The van der Waals surface area contributed by atoms with Crippen molar-refractivity contribution >= 4 is 11.7 Å². The molecule has 4 heteroatoms. The summed E-state index contributed by atoms with van der Waals surface area (Å²) in [7, 11) is 0. The highest BCUT2D eigenvalue weighted by Crippen LogP contribution is 2.27. The van der Waals surface area contributed by atoms with E-state index in [-0.39, 0.29) is 0 Å². The maximum atomic E-state index is 11.2. The second-order valence-electron chi connectivity index (χ2n) is 3.51. The summed E-state index contributed by atoms with van der Waals surface area (Å²) in [4.78, 5) is 11.2. The molecule has 2 aromatic carbocycles. The Morgan fingerprint density at radius 2 is 1.59 bits per heavy atom. The molecule has 86 valence electrons.